The fraction of sp³-hybridized carbons (Fsp3) is 0.342. The van der Waals surface area contributed by atoms with E-state index in [-0.39, 0.29) is 54.8 Å². The quantitative estimate of drug-likeness (QED) is 0.0159. The van der Waals surface area contributed by atoms with Crippen LogP contribution in [0.1, 0.15) is 261 Å². The average Bonchev–Trinajstić information content (AvgIpc) is 0.776. The normalized spacial score (nSPS) is 12.2. The van der Waals surface area contributed by atoms with Gasteiger partial charge >= 0.3 is 158 Å². The standard InChI is InChI=1S/C28H33NOS.C27H33NOS.C23H33N.C22H29NOSe.C14H12N2O3/c1-27(2,3)20-17-21(26(30)22(18-20)28(4,5)6)25(19-13-9-8-10-14-19)29-23-15-11-12-16-24(23)31-7;1-26(2,3)20-16-19(25(29)22(17-20)27(4,5)6)18-28-23-14-10-11-15-24(23)30-21-12-8-7-9-13-21;1-16-11-9-10-12-21(16)24-15-18-13-19(22(3,4)5)14-20(17(18)2)23(6,7)8;1-21(2,3)16-12-15(20(24)17(13-16)22(4,5)6)14-23-18-10-8-9-11-19(18)25-7;1-10-4-2-3-5-13(10)15-9-11-8-12(16(18)19)6-7-14(11)17/h8-18,30H,1-7H3;7-17,28-29H,18H2,1-6H3;9-14,24H,15H2,1-8H3;8-14,24H,1-7H3;2-9,17H,1H3. The fourth-order valence-corrected chi connectivity index (χ4v) is 16.9. The van der Waals surface area contributed by atoms with Crippen LogP contribution in [0.2, 0.25) is 5.82 Å². The van der Waals surface area contributed by atoms with Gasteiger partial charge in [-0.2, -0.15) is 0 Å². The summed E-state index contributed by atoms with van der Waals surface area (Å²) in [7, 11) is 0. The largest absolute Gasteiger partial charge is 0.507 e. The second-order valence-electron chi connectivity index (χ2n) is 41.1. The molecule has 12 aromatic rings. The van der Waals surface area contributed by atoms with E-state index in [0.717, 1.165) is 84.4 Å². The van der Waals surface area contributed by atoms with Crippen LogP contribution in [0.25, 0.3) is 0 Å². The second kappa shape index (κ2) is 44.1. The van der Waals surface area contributed by atoms with Crippen molar-refractivity contribution in [1.29, 1.82) is 0 Å². The molecule has 0 aliphatic rings. The zero-order chi connectivity index (χ0) is 95.5. The Kier molecular flexibility index (Phi) is 35.4. The van der Waals surface area contributed by atoms with E-state index in [9.17, 15) is 30.5 Å². The number of thioether (sulfide) groups is 1. The molecule has 12 aromatic carbocycles. The number of nitrogens with zero attached hydrogens (tertiary/aromatic N) is 4. The van der Waals surface area contributed by atoms with E-state index in [0.29, 0.717) is 44.3 Å². The number of aliphatic imine (C=N–C) groups is 3. The van der Waals surface area contributed by atoms with Crippen LogP contribution in [0.3, 0.4) is 0 Å². The third kappa shape index (κ3) is 29.5. The molecule has 0 heterocycles. The average molecular weight is 1830 g/mol. The second-order valence-corrected chi connectivity index (χ2v) is 44.9. The molecule has 680 valence electrons. The molecule has 0 aromatic heterocycles. The van der Waals surface area contributed by atoms with Crippen LogP contribution in [-0.2, 0) is 56.4 Å². The Hall–Kier alpha value is -10.9. The topological polar surface area (TPSA) is 185 Å². The predicted molar refractivity (Wildman–Crippen MR) is 556 cm³/mol. The van der Waals surface area contributed by atoms with Gasteiger partial charge in [-0.3, -0.25) is 15.1 Å². The zero-order valence-electron chi connectivity index (χ0n) is 81.9. The van der Waals surface area contributed by atoms with E-state index in [4.69, 9.17) is 4.99 Å². The Morgan fingerprint density at radius 3 is 1.35 bits per heavy atom. The Labute approximate surface area is 787 Å². The Balaban J connectivity index is 0.000000201. The number of nitro benzene ring substituents is 1. The van der Waals surface area contributed by atoms with Gasteiger partial charge in [-0.15, -0.1) is 11.8 Å². The van der Waals surface area contributed by atoms with Crippen LogP contribution in [-0.4, -0.2) is 64.7 Å². The zero-order valence-corrected chi connectivity index (χ0v) is 85.2. The van der Waals surface area contributed by atoms with Gasteiger partial charge in [-0.05, 0) is 176 Å². The van der Waals surface area contributed by atoms with Crippen molar-refractivity contribution >= 4 is 95.2 Å². The van der Waals surface area contributed by atoms with Crippen LogP contribution in [0, 0.1) is 30.9 Å². The van der Waals surface area contributed by atoms with E-state index in [1.54, 1.807) is 23.5 Å². The molecule has 0 unspecified atom stereocenters. The number of para-hydroxylation sites is 5. The number of rotatable bonds is 18. The molecule has 0 aliphatic carbocycles. The predicted octanol–water partition coefficient (Wildman–Crippen LogP) is 30.6. The van der Waals surface area contributed by atoms with Crippen molar-refractivity contribution in [3.63, 3.8) is 0 Å². The minimum atomic E-state index is -0.509. The van der Waals surface area contributed by atoms with Gasteiger partial charge in [0.25, 0.3) is 5.69 Å². The van der Waals surface area contributed by atoms with E-state index in [1.807, 2.05) is 98.1 Å². The van der Waals surface area contributed by atoms with Gasteiger partial charge in [0, 0.05) is 85.3 Å². The molecule has 6 N–H and O–H groups in total. The monoisotopic (exact) mass is 1830 g/mol. The van der Waals surface area contributed by atoms with Crippen molar-refractivity contribution < 1.29 is 25.3 Å². The molecular formula is C114H140N6O6S2Se. The van der Waals surface area contributed by atoms with Crippen LogP contribution in [0.5, 0.6) is 23.0 Å². The number of aromatic hydroxyl groups is 4. The van der Waals surface area contributed by atoms with Gasteiger partial charge < -0.3 is 26.0 Å². The van der Waals surface area contributed by atoms with Gasteiger partial charge in [0.1, 0.15) is 17.2 Å². The van der Waals surface area contributed by atoms with Gasteiger partial charge in [0.2, 0.25) is 0 Å². The molecule has 0 aliphatic heterocycles. The minimum Gasteiger partial charge on any atom is -0.507 e. The molecule has 0 saturated carbocycles. The molecule has 0 fully saturated rings. The van der Waals surface area contributed by atoms with Crippen LogP contribution in [0.15, 0.2) is 278 Å². The van der Waals surface area contributed by atoms with E-state index < -0.39 is 4.92 Å². The summed E-state index contributed by atoms with van der Waals surface area (Å²) in [6.07, 6.45) is 5.29. The summed E-state index contributed by atoms with van der Waals surface area (Å²) in [6.45, 7) is 60.7. The summed E-state index contributed by atoms with van der Waals surface area (Å²) in [5, 5.41) is 60.9. The van der Waals surface area contributed by atoms with E-state index >= 15 is 0 Å². The molecule has 0 bridgehead atoms. The summed E-state index contributed by atoms with van der Waals surface area (Å²) in [6, 6.07) is 82.6. The number of anilines is 2. The number of aryl methyl sites for hydroxylation is 2. The number of phenolic OH excluding ortho intramolecular Hbond substituents is 4. The van der Waals surface area contributed by atoms with Crippen molar-refractivity contribution in [2.45, 2.75) is 264 Å². The van der Waals surface area contributed by atoms with Gasteiger partial charge in [-0.1, -0.05) is 270 Å². The molecule has 15 heteroatoms. The van der Waals surface area contributed by atoms with Crippen LogP contribution >= 0.6 is 23.5 Å². The summed E-state index contributed by atoms with van der Waals surface area (Å²) < 4.78 is 1.27. The summed E-state index contributed by atoms with van der Waals surface area (Å²) in [5.74, 6) is 3.20. The third-order valence-corrected chi connectivity index (χ3v) is 25.8. The minimum absolute atomic E-state index is 0.0146. The molecule has 12 nitrogen and oxygen atoms in total. The number of nitrogens with one attached hydrogen (secondary N) is 2. The first-order valence-corrected chi connectivity index (χ1v) is 48.9. The van der Waals surface area contributed by atoms with Gasteiger partial charge in [0.15, 0.2) is 0 Å². The summed E-state index contributed by atoms with van der Waals surface area (Å²) in [5.41, 5.74) is 23.8. The van der Waals surface area contributed by atoms with Gasteiger partial charge in [-0.25, -0.2) is 4.99 Å². The molecule has 0 saturated heterocycles. The smallest absolute Gasteiger partial charge is 0.270 e. The Morgan fingerprint density at radius 2 is 0.822 bits per heavy atom. The van der Waals surface area contributed by atoms with Gasteiger partial charge in [0.05, 0.1) is 22.0 Å². The number of non-ortho nitro benzene ring substituents is 1. The Bertz CT molecular complexity index is 5900. The van der Waals surface area contributed by atoms with Crippen molar-refractivity contribution in [3.8, 4) is 23.0 Å². The number of nitro groups is 1. The van der Waals surface area contributed by atoms with E-state index in [2.05, 4.69) is 358 Å². The summed E-state index contributed by atoms with van der Waals surface area (Å²) >= 11 is 3.81. The maximum Gasteiger partial charge on any atom is 0.270 e. The van der Waals surface area contributed by atoms with E-state index in [1.165, 1.54) is 88.9 Å². The van der Waals surface area contributed by atoms with Crippen LogP contribution < -0.4 is 15.1 Å². The maximum atomic E-state index is 11.5. The number of hydrogen-bond donors (Lipinski definition) is 6. The molecule has 0 radical (unpaired) electrons. The molecule has 0 spiro atoms. The first-order chi connectivity index (χ1) is 60.2. The maximum absolute atomic E-state index is 11.5. The molecule has 129 heavy (non-hydrogen) atoms. The van der Waals surface area contributed by atoms with Crippen molar-refractivity contribution in [2.24, 2.45) is 15.0 Å². The number of hydrogen-bond acceptors (Lipinski definition) is 13. The summed E-state index contributed by atoms with van der Waals surface area (Å²) in [4.78, 5) is 27.7. The first kappa shape index (κ1) is 103. The third-order valence-electron chi connectivity index (χ3n) is 22.3. The first-order valence-electron chi connectivity index (χ1n) is 44.3. The molecule has 0 amide bonds. The van der Waals surface area contributed by atoms with Crippen LogP contribution in [0.4, 0.5) is 34.1 Å². The Morgan fingerprint density at radius 1 is 0.403 bits per heavy atom. The fourth-order valence-electron chi connectivity index (χ4n) is 14.3. The number of phenols is 4. The van der Waals surface area contributed by atoms with Crippen molar-refractivity contribution in [2.75, 3.05) is 16.9 Å². The number of benzene rings is 12. The SMILES string of the molecule is CC(C)(C)c1cc(CNc2ccccc2Sc2ccccc2)c(O)c(C(C)(C)C)c1.CSc1ccccc1N=C(c1ccccc1)c1cc(C(C)(C)C)cc(C(C)(C)C)c1O.C[Se]c1ccccc1N=Cc1cc(C(C)(C)C)cc(C(C)(C)C)c1O.Cc1ccccc1N=Cc1cc([N+](=O)[O-])ccc1O.Cc1ccccc1NCc1cc(C(C)(C)C)cc(C(C)(C)C)c1C. The molecular weight excluding hydrogens is 1690 g/mol. The van der Waals surface area contributed by atoms with Crippen molar-refractivity contribution in [3.05, 3.63) is 353 Å². The molecule has 12 rings (SSSR count). The van der Waals surface area contributed by atoms with Crippen molar-refractivity contribution in [1.82, 2.24) is 0 Å². The molecule has 0 atom stereocenters.